The summed E-state index contributed by atoms with van der Waals surface area (Å²) in [6, 6.07) is 9.19. The van der Waals surface area contributed by atoms with Crippen LogP contribution in [0.5, 0.6) is 0 Å². The minimum Gasteiger partial charge on any atom is -0.126 e. The Morgan fingerprint density at radius 3 is 2.32 bits per heavy atom. The molecule has 0 aliphatic rings. The van der Waals surface area contributed by atoms with Crippen molar-refractivity contribution in [2.24, 2.45) is 0 Å². The van der Waals surface area contributed by atoms with Crippen molar-refractivity contribution in [3.05, 3.63) is 36.8 Å². The van der Waals surface area contributed by atoms with Crippen LogP contribution in [0.15, 0.2) is 29.2 Å². The van der Waals surface area contributed by atoms with Gasteiger partial charge in [-0.15, -0.1) is 11.8 Å². The topological polar surface area (TPSA) is 0 Å². The minimum absolute atomic E-state index is 1.08. The van der Waals surface area contributed by atoms with E-state index in [9.17, 15) is 0 Å². The van der Waals surface area contributed by atoms with Gasteiger partial charge in [0.2, 0.25) is 0 Å². The van der Waals surface area contributed by atoms with Crippen LogP contribution in [0.25, 0.3) is 0 Å². The van der Waals surface area contributed by atoms with Crippen LogP contribution < -0.4 is 0 Å². The Bertz CT molecular complexity index is 302. The van der Waals surface area contributed by atoms with Crippen molar-refractivity contribution in [2.75, 3.05) is 5.75 Å². The van der Waals surface area contributed by atoms with Crippen LogP contribution in [0.2, 0.25) is 0 Å². The van der Waals surface area contributed by atoms with Gasteiger partial charge in [0, 0.05) is 4.90 Å². The van der Waals surface area contributed by atoms with Gasteiger partial charge >= 0.3 is 0 Å². The first-order valence-corrected chi connectivity index (χ1v) is 8.86. The lowest BCUT2D eigenvalue weighted by Gasteiger charge is -2.04. The lowest BCUT2D eigenvalue weighted by Crippen LogP contribution is -1.86. The molecule has 1 radical (unpaired) electrons. The van der Waals surface area contributed by atoms with Crippen molar-refractivity contribution in [3.8, 4) is 0 Å². The molecule has 0 heterocycles. The Morgan fingerprint density at radius 1 is 0.895 bits per heavy atom. The van der Waals surface area contributed by atoms with Crippen molar-refractivity contribution >= 4 is 11.8 Å². The van der Waals surface area contributed by atoms with Gasteiger partial charge in [-0.25, -0.2) is 0 Å². The van der Waals surface area contributed by atoms with Crippen LogP contribution in [0.1, 0.15) is 63.9 Å². The SMILES string of the molecule is [CH2]CCCCCc1ccc(SCCCCCC)cc1. The highest BCUT2D eigenvalue weighted by atomic mass is 32.2. The van der Waals surface area contributed by atoms with Crippen LogP contribution in [-0.4, -0.2) is 5.75 Å². The summed E-state index contributed by atoms with van der Waals surface area (Å²) in [6.07, 6.45) is 11.6. The summed E-state index contributed by atoms with van der Waals surface area (Å²) in [7, 11) is 0. The van der Waals surface area contributed by atoms with E-state index in [1.54, 1.807) is 0 Å². The Labute approximate surface area is 124 Å². The second-order valence-corrected chi connectivity index (χ2v) is 6.39. The van der Waals surface area contributed by atoms with Gasteiger partial charge in [-0.05, 0) is 42.7 Å². The molecule has 1 rings (SSSR count). The fraction of sp³-hybridized carbons (Fsp3) is 0.611. The highest BCUT2D eigenvalue weighted by Crippen LogP contribution is 2.21. The molecule has 107 valence electrons. The quantitative estimate of drug-likeness (QED) is 0.338. The zero-order valence-electron chi connectivity index (χ0n) is 12.5. The van der Waals surface area contributed by atoms with Crippen molar-refractivity contribution in [3.63, 3.8) is 0 Å². The molecule has 1 aromatic rings. The molecule has 0 aliphatic heterocycles. The second kappa shape index (κ2) is 11.4. The predicted molar refractivity (Wildman–Crippen MR) is 88.8 cm³/mol. The standard InChI is InChI=1S/C18H29S/c1-3-5-7-9-11-17-12-14-18(15-13-17)19-16-10-8-6-4-2/h12-15H,1,3-11,16H2,2H3. The third kappa shape index (κ3) is 8.36. The fourth-order valence-electron chi connectivity index (χ4n) is 2.15. The number of benzene rings is 1. The molecule has 0 saturated heterocycles. The maximum atomic E-state index is 3.89. The molecule has 0 unspecified atom stereocenters. The predicted octanol–water partition coefficient (Wildman–Crippen LogP) is 6.30. The fourth-order valence-corrected chi connectivity index (χ4v) is 3.07. The van der Waals surface area contributed by atoms with Gasteiger partial charge in [0.15, 0.2) is 0 Å². The summed E-state index contributed by atoms with van der Waals surface area (Å²) in [6.45, 7) is 6.15. The van der Waals surface area contributed by atoms with Crippen LogP contribution in [0.4, 0.5) is 0 Å². The van der Waals surface area contributed by atoms with E-state index in [0.29, 0.717) is 0 Å². The van der Waals surface area contributed by atoms with Gasteiger partial charge < -0.3 is 0 Å². The monoisotopic (exact) mass is 277 g/mol. The van der Waals surface area contributed by atoms with E-state index < -0.39 is 0 Å². The van der Waals surface area contributed by atoms with E-state index in [0.717, 1.165) is 6.42 Å². The lowest BCUT2D eigenvalue weighted by molar-refractivity contribution is 0.685. The van der Waals surface area contributed by atoms with Crippen LogP contribution in [0.3, 0.4) is 0 Å². The third-order valence-electron chi connectivity index (χ3n) is 3.41. The summed E-state index contributed by atoms with van der Waals surface area (Å²) in [5.74, 6) is 1.27. The Balaban J connectivity index is 2.16. The second-order valence-electron chi connectivity index (χ2n) is 5.22. The van der Waals surface area contributed by atoms with Gasteiger partial charge in [0.1, 0.15) is 0 Å². The molecule has 0 aliphatic carbocycles. The number of hydrogen-bond acceptors (Lipinski definition) is 1. The van der Waals surface area contributed by atoms with Crippen LogP contribution in [0, 0.1) is 6.92 Å². The number of aryl methyl sites for hydroxylation is 1. The Kier molecular flexibility index (Phi) is 9.98. The van der Waals surface area contributed by atoms with Gasteiger partial charge in [0.25, 0.3) is 0 Å². The molecule has 0 amide bonds. The number of rotatable bonds is 11. The number of unbranched alkanes of at least 4 members (excludes halogenated alkanes) is 6. The third-order valence-corrected chi connectivity index (χ3v) is 4.50. The summed E-state index contributed by atoms with van der Waals surface area (Å²) in [4.78, 5) is 1.43. The van der Waals surface area contributed by atoms with E-state index in [-0.39, 0.29) is 0 Å². The lowest BCUT2D eigenvalue weighted by atomic mass is 10.1. The largest absolute Gasteiger partial charge is 0.126 e. The van der Waals surface area contributed by atoms with E-state index >= 15 is 0 Å². The highest BCUT2D eigenvalue weighted by Gasteiger charge is 1.97. The average Bonchev–Trinajstić information content (AvgIpc) is 2.45. The molecule has 0 saturated carbocycles. The minimum atomic E-state index is 1.08. The van der Waals surface area contributed by atoms with E-state index in [2.05, 4.69) is 38.1 Å². The Hall–Kier alpha value is -0.430. The Morgan fingerprint density at radius 2 is 1.63 bits per heavy atom. The molecule has 1 aromatic carbocycles. The molecule has 0 N–H and O–H groups in total. The summed E-state index contributed by atoms with van der Waals surface area (Å²) in [5.41, 5.74) is 1.49. The van der Waals surface area contributed by atoms with Crippen LogP contribution >= 0.6 is 11.8 Å². The van der Waals surface area contributed by atoms with E-state index in [1.807, 2.05) is 11.8 Å². The maximum absolute atomic E-state index is 3.89. The number of hydrogen-bond donors (Lipinski definition) is 0. The van der Waals surface area contributed by atoms with Gasteiger partial charge in [0.05, 0.1) is 0 Å². The molecule has 0 aromatic heterocycles. The van der Waals surface area contributed by atoms with Crippen molar-refractivity contribution in [2.45, 2.75) is 69.6 Å². The van der Waals surface area contributed by atoms with Crippen molar-refractivity contribution in [1.29, 1.82) is 0 Å². The molecule has 0 atom stereocenters. The molecule has 0 bridgehead atoms. The summed E-state index contributed by atoms with van der Waals surface area (Å²) >= 11 is 2.00. The van der Waals surface area contributed by atoms with Gasteiger partial charge in [-0.1, -0.05) is 64.5 Å². The van der Waals surface area contributed by atoms with E-state index in [4.69, 9.17) is 0 Å². The average molecular weight is 277 g/mol. The first-order valence-electron chi connectivity index (χ1n) is 7.87. The molecule has 19 heavy (non-hydrogen) atoms. The first kappa shape index (κ1) is 16.6. The number of thioether (sulfide) groups is 1. The highest BCUT2D eigenvalue weighted by molar-refractivity contribution is 7.99. The van der Waals surface area contributed by atoms with Crippen molar-refractivity contribution in [1.82, 2.24) is 0 Å². The molecule has 0 spiro atoms. The zero-order valence-corrected chi connectivity index (χ0v) is 13.3. The van der Waals surface area contributed by atoms with Crippen LogP contribution in [-0.2, 0) is 6.42 Å². The summed E-state index contributed by atoms with van der Waals surface area (Å²) in [5, 5.41) is 0. The van der Waals surface area contributed by atoms with Gasteiger partial charge in [-0.3, -0.25) is 0 Å². The molecule has 0 nitrogen and oxygen atoms in total. The molecular formula is C18H29S. The first-order chi connectivity index (χ1) is 9.36. The van der Waals surface area contributed by atoms with Crippen molar-refractivity contribution < 1.29 is 0 Å². The smallest absolute Gasteiger partial charge is 0.00721 e. The normalized spacial score (nSPS) is 10.8. The molecule has 1 heteroatoms. The molecular weight excluding hydrogens is 248 g/mol. The molecule has 0 fully saturated rings. The van der Waals surface area contributed by atoms with Gasteiger partial charge in [-0.2, -0.15) is 0 Å². The van der Waals surface area contributed by atoms with E-state index in [1.165, 1.54) is 67.6 Å². The summed E-state index contributed by atoms with van der Waals surface area (Å²) < 4.78 is 0. The maximum Gasteiger partial charge on any atom is 0.00721 e. The zero-order chi connectivity index (χ0) is 13.8.